The van der Waals surface area contributed by atoms with Crippen LogP contribution in [0, 0.1) is 23.0 Å². The average molecular weight is 397 g/mol. The Hall–Kier alpha value is -2.50. The molecule has 2 aromatic rings. The van der Waals surface area contributed by atoms with Gasteiger partial charge in [0.25, 0.3) is 5.91 Å². The number of benzene rings is 1. The topological polar surface area (TPSA) is 79.2 Å². The summed E-state index contributed by atoms with van der Waals surface area (Å²) in [5.74, 6) is -4.15. The number of fused-ring (bicyclic) bond motifs is 1. The Kier molecular flexibility index (Phi) is 5.20. The fourth-order valence-corrected chi connectivity index (χ4v) is 4.14. The highest BCUT2D eigenvalue weighted by Crippen LogP contribution is 2.38. The van der Waals surface area contributed by atoms with Crippen LogP contribution in [0.25, 0.3) is 0 Å². The number of esters is 1. The number of rotatable bonds is 4. The standard InChI is InChI=1S/C17H11ClF2N2O3S/c18-11-5-13(20)12(19)4-9(11)17(24)25-7-15(23)22-16-10(6-21)8-2-1-3-14(8)26-16/h4-5H,1-3,7H2,(H,22,23). The van der Waals surface area contributed by atoms with Crippen LogP contribution in [0.3, 0.4) is 0 Å². The summed E-state index contributed by atoms with van der Waals surface area (Å²) >= 11 is 7.01. The van der Waals surface area contributed by atoms with Gasteiger partial charge in [-0.1, -0.05) is 11.6 Å². The molecule has 26 heavy (non-hydrogen) atoms. The van der Waals surface area contributed by atoms with E-state index in [4.69, 9.17) is 16.3 Å². The minimum atomic E-state index is -1.25. The van der Waals surface area contributed by atoms with Gasteiger partial charge in [-0.25, -0.2) is 13.6 Å². The summed E-state index contributed by atoms with van der Waals surface area (Å²) in [6.07, 6.45) is 2.65. The largest absolute Gasteiger partial charge is 0.452 e. The van der Waals surface area contributed by atoms with Crippen LogP contribution in [0.15, 0.2) is 12.1 Å². The predicted octanol–water partition coefficient (Wildman–Crippen LogP) is 3.84. The molecule has 1 aromatic heterocycles. The van der Waals surface area contributed by atoms with Gasteiger partial charge >= 0.3 is 5.97 Å². The molecule has 0 radical (unpaired) electrons. The summed E-state index contributed by atoms with van der Waals surface area (Å²) in [6, 6.07) is 3.34. The number of carbonyl (C=O) groups excluding carboxylic acids is 2. The molecule has 5 nitrogen and oxygen atoms in total. The SMILES string of the molecule is N#Cc1c(NC(=O)COC(=O)c2cc(F)c(F)cc2Cl)sc2c1CCC2. The van der Waals surface area contributed by atoms with Crippen LogP contribution in [0.2, 0.25) is 5.02 Å². The molecular formula is C17H11ClF2N2O3S. The number of hydrogen-bond donors (Lipinski definition) is 1. The van der Waals surface area contributed by atoms with Crippen LogP contribution in [0.1, 0.15) is 32.8 Å². The number of anilines is 1. The number of halogens is 3. The maximum atomic E-state index is 13.2. The van der Waals surface area contributed by atoms with Gasteiger partial charge in [-0.05, 0) is 37.0 Å². The number of nitrogens with one attached hydrogen (secondary N) is 1. The molecule has 1 heterocycles. The van der Waals surface area contributed by atoms with Crippen molar-refractivity contribution >= 4 is 39.8 Å². The van der Waals surface area contributed by atoms with E-state index in [1.165, 1.54) is 11.3 Å². The Morgan fingerprint density at radius 3 is 2.77 bits per heavy atom. The van der Waals surface area contributed by atoms with Gasteiger partial charge in [0.1, 0.15) is 11.1 Å². The van der Waals surface area contributed by atoms with Crippen molar-refractivity contribution in [2.45, 2.75) is 19.3 Å². The van der Waals surface area contributed by atoms with E-state index in [0.29, 0.717) is 22.7 Å². The van der Waals surface area contributed by atoms with Crippen LogP contribution in [-0.2, 0) is 22.4 Å². The van der Waals surface area contributed by atoms with E-state index in [9.17, 15) is 23.6 Å². The van der Waals surface area contributed by atoms with E-state index in [1.54, 1.807) is 0 Å². The van der Waals surface area contributed by atoms with Crippen LogP contribution in [-0.4, -0.2) is 18.5 Å². The van der Waals surface area contributed by atoms with E-state index >= 15 is 0 Å². The lowest BCUT2D eigenvalue weighted by molar-refractivity contribution is -0.119. The summed E-state index contributed by atoms with van der Waals surface area (Å²) in [5.41, 5.74) is 1.01. The number of thiophene rings is 1. The van der Waals surface area contributed by atoms with E-state index in [-0.39, 0.29) is 10.6 Å². The van der Waals surface area contributed by atoms with Crippen molar-refractivity contribution in [3.63, 3.8) is 0 Å². The van der Waals surface area contributed by atoms with Gasteiger partial charge in [-0.3, -0.25) is 4.79 Å². The van der Waals surface area contributed by atoms with Crippen molar-refractivity contribution in [3.05, 3.63) is 50.4 Å². The number of aryl methyl sites for hydroxylation is 1. The zero-order valence-corrected chi connectivity index (χ0v) is 14.8. The summed E-state index contributed by atoms with van der Waals surface area (Å²) in [5, 5.41) is 11.9. The predicted molar refractivity (Wildman–Crippen MR) is 91.3 cm³/mol. The fraction of sp³-hybridized carbons (Fsp3) is 0.235. The second-order valence-corrected chi connectivity index (χ2v) is 7.06. The summed E-state index contributed by atoms with van der Waals surface area (Å²) < 4.78 is 31.0. The third-order valence-electron chi connectivity index (χ3n) is 3.85. The van der Waals surface area contributed by atoms with Crippen LogP contribution < -0.4 is 5.32 Å². The Bertz CT molecular complexity index is 952. The molecule has 1 N–H and O–H groups in total. The van der Waals surface area contributed by atoms with E-state index in [1.807, 2.05) is 0 Å². The van der Waals surface area contributed by atoms with Crippen LogP contribution >= 0.6 is 22.9 Å². The lowest BCUT2D eigenvalue weighted by Crippen LogP contribution is -2.21. The summed E-state index contributed by atoms with van der Waals surface area (Å²) in [6.45, 7) is -0.651. The zero-order chi connectivity index (χ0) is 18.8. The molecule has 0 saturated heterocycles. The third kappa shape index (κ3) is 3.54. The molecular weight excluding hydrogens is 386 g/mol. The molecule has 1 amide bonds. The van der Waals surface area contributed by atoms with E-state index in [2.05, 4.69) is 11.4 Å². The number of carbonyl (C=O) groups is 2. The van der Waals surface area contributed by atoms with Crippen LogP contribution in [0.5, 0.6) is 0 Å². The fourth-order valence-electron chi connectivity index (χ4n) is 2.66. The summed E-state index contributed by atoms with van der Waals surface area (Å²) in [4.78, 5) is 25.0. The van der Waals surface area contributed by atoms with Gasteiger partial charge in [0.2, 0.25) is 0 Å². The summed E-state index contributed by atoms with van der Waals surface area (Å²) in [7, 11) is 0. The molecule has 0 aliphatic heterocycles. The van der Waals surface area contributed by atoms with E-state index < -0.39 is 30.1 Å². The second-order valence-electron chi connectivity index (χ2n) is 5.54. The zero-order valence-electron chi connectivity index (χ0n) is 13.2. The third-order valence-corrected chi connectivity index (χ3v) is 5.37. The highest BCUT2D eigenvalue weighted by Gasteiger charge is 2.23. The molecule has 1 aliphatic carbocycles. The molecule has 134 valence electrons. The number of hydrogen-bond acceptors (Lipinski definition) is 5. The highest BCUT2D eigenvalue weighted by molar-refractivity contribution is 7.16. The molecule has 3 rings (SSSR count). The molecule has 0 unspecified atom stereocenters. The minimum absolute atomic E-state index is 0.323. The van der Waals surface area contributed by atoms with Crippen molar-refractivity contribution < 1.29 is 23.1 Å². The van der Waals surface area contributed by atoms with Gasteiger partial charge < -0.3 is 10.1 Å². The first-order chi connectivity index (χ1) is 12.4. The Balaban J connectivity index is 1.64. The van der Waals surface area contributed by atoms with Crippen molar-refractivity contribution in [2.24, 2.45) is 0 Å². The van der Waals surface area contributed by atoms with Gasteiger partial charge in [0.15, 0.2) is 18.2 Å². The van der Waals surface area contributed by atoms with Crippen molar-refractivity contribution in [2.75, 3.05) is 11.9 Å². The average Bonchev–Trinajstić information content (AvgIpc) is 3.16. The minimum Gasteiger partial charge on any atom is -0.452 e. The first-order valence-corrected chi connectivity index (χ1v) is 8.76. The molecule has 1 aliphatic rings. The number of ether oxygens (including phenoxy) is 1. The molecule has 1 aromatic carbocycles. The number of nitriles is 1. The smallest absolute Gasteiger partial charge is 0.340 e. The quantitative estimate of drug-likeness (QED) is 0.629. The molecule has 0 saturated carbocycles. The number of amides is 1. The number of nitrogens with zero attached hydrogens (tertiary/aromatic N) is 1. The van der Waals surface area contributed by atoms with Crippen molar-refractivity contribution in [1.82, 2.24) is 0 Å². The maximum absolute atomic E-state index is 13.2. The molecule has 0 spiro atoms. The Morgan fingerprint density at radius 2 is 2.04 bits per heavy atom. The second kappa shape index (κ2) is 7.40. The Labute approximate surface area is 156 Å². The molecule has 0 fully saturated rings. The van der Waals surface area contributed by atoms with Crippen molar-refractivity contribution in [3.8, 4) is 6.07 Å². The molecule has 9 heteroatoms. The van der Waals surface area contributed by atoms with Gasteiger partial charge in [-0.2, -0.15) is 5.26 Å². The Morgan fingerprint density at radius 1 is 1.31 bits per heavy atom. The lowest BCUT2D eigenvalue weighted by atomic mass is 10.1. The normalized spacial score (nSPS) is 12.4. The highest BCUT2D eigenvalue weighted by atomic mass is 35.5. The molecule has 0 atom stereocenters. The first kappa shape index (κ1) is 18.3. The lowest BCUT2D eigenvalue weighted by Gasteiger charge is -2.07. The van der Waals surface area contributed by atoms with Gasteiger partial charge in [0.05, 0.1) is 16.1 Å². The maximum Gasteiger partial charge on any atom is 0.340 e. The van der Waals surface area contributed by atoms with Gasteiger partial charge in [0, 0.05) is 4.88 Å². The van der Waals surface area contributed by atoms with E-state index in [0.717, 1.165) is 29.7 Å². The molecule has 0 bridgehead atoms. The first-order valence-electron chi connectivity index (χ1n) is 7.57. The van der Waals surface area contributed by atoms with Gasteiger partial charge in [-0.15, -0.1) is 11.3 Å². The van der Waals surface area contributed by atoms with Crippen LogP contribution in [0.4, 0.5) is 13.8 Å². The monoisotopic (exact) mass is 396 g/mol. The van der Waals surface area contributed by atoms with Crippen molar-refractivity contribution in [1.29, 1.82) is 5.26 Å².